The molecular formula is C21H29ClN2O2. The van der Waals surface area contributed by atoms with E-state index in [0.717, 1.165) is 12.0 Å². The van der Waals surface area contributed by atoms with E-state index in [2.05, 4.69) is 32.2 Å². The molecule has 0 bridgehead atoms. The zero-order valence-electron chi connectivity index (χ0n) is 16.5. The van der Waals surface area contributed by atoms with Crippen molar-refractivity contribution >= 4 is 17.6 Å². The van der Waals surface area contributed by atoms with E-state index in [1.54, 1.807) is 12.1 Å². The fraction of sp³-hybridized carbons (Fsp3) is 0.619. The number of carbonyl (C=O) groups is 1. The molecule has 0 saturated carbocycles. The molecule has 0 aliphatic carbocycles. The number of hydrogen-bond acceptors (Lipinski definition) is 4. The van der Waals surface area contributed by atoms with E-state index in [0.29, 0.717) is 11.4 Å². The highest BCUT2D eigenvalue weighted by molar-refractivity contribution is 6.30. The second-order valence-electron chi connectivity index (χ2n) is 9.36. The molecule has 1 aliphatic rings. The molecule has 0 amide bonds. The topological polar surface area (TPSA) is 62.1 Å². The molecule has 3 unspecified atom stereocenters. The lowest BCUT2D eigenvalue weighted by atomic mass is 9.70. The Bertz CT molecular complexity index is 695. The Morgan fingerprint density at radius 1 is 1.27 bits per heavy atom. The number of hydrogen-bond donors (Lipinski definition) is 1. The van der Waals surface area contributed by atoms with Gasteiger partial charge in [0.1, 0.15) is 11.6 Å². The first-order chi connectivity index (χ1) is 11.9. The molecule has 1 fully saturated rings. The van der Waals surface area contributed by atoms with Crippen LogP contribution in [0.4, 0.5) is 0 Å². The largest absolute Gasteiger partial charge is 0.459 e. The van der Waals surface area contributed by atoms with E-state index in [-0.39, 0.29) is 17.4 Å². The van der Waals surface area contributed by atoms with Crippen LogP contribution in [-0.4, -0.2) is 23.7 Å². The predicted molar refractivity (Wildman–Crippen MR) is 104 cm³/mol. The third-order valence-corrected chi connectivity index (χ3v) is 4.84. The van der Waals surface area contributed by atoms with Crippen LogP contribution >= 0.6 is 11.6 Å². The summed E-state index contributed by atoms with van der Waals surface area (Å²) in [7, 11) is 0. The summed E-state index contributed by atoms with van der Waals surface area (Å²) >= 11 is 6.03. The molecule has 142 valence electrons. The molecular weight excluding hydrogens is 348 g/mol. The van der Waals surface area contributed by atoms with Crippen LogP contribution in [0.5, 0.6) is 0 Å². The number of esters is 1. The van der Waals surface area contributed by atoms with Gasteiger partial charge in [-0.05, 0) is 56.7 Å². The quantitative estimate of drug-likeness (QED) is 0.782. The van der Waals surface area contributed by atoms with Crippen LogP contribution in [0.3, 0.4) is 0 Å². The van der Waals surface area contributed by atoms with Crippen LogP contribution in [0.1, 0.15) is 59.9 Å². The van der Waals surface area contributed by atoms with Crippen molar-refractivity contribution in [3.05, 3.63) is 34.9 Å². The van der Waals surface area contributed by atoms with Crippen LogP contribution in [0.25, 0.3) is 0 Å². The molecule has 1 aromatic carbocycles. The first-order valence-electron chi connectivity index (χ1n) is 9.02. The molecule has 2 rings (SSSR count). The maximum Gasteiger partial charge on any atom is 0.323 e. The van der Waals surface area contributed by atoms with E-state index in [4.69, 9.17) is 16.3 Å². The van der Waals surface area contributed by atoms with Crippen molar-refractivity contribution in [2.24, 2.45) is 5.41 Å². The van der Waals surface area contributed by atoms with Crippen molar-refractivity contribution in [3.8, 4) is 6.07 Å². The van der Waals surface area contributed by atoms with Gasteiger partial charge in [0.2, 0.25) is 0 Å². The normalized spacial score (nSPS) is 26.4. The van der Waals surface area contributed by atoms with E-state index < -0.39 is 17.1 Å². The number of nitrogens with one attached hydrogen (secondary N) is 1. The smallest absolute Gasteiger partial charge is 0.323 e. The molecule has 0 radical (unpaired) electrons. The third kappa shape index (κ3) is 4.78. The minimum absolute atomic E-state index is 0.00894. The van der Waals surface area contributed by atoms with Crippen molar-refractivity contribution in [1.82, 2.24) is 5.32 Å². The van der Waals surface area contributed by atoms with Crippen LogP contribution in [0, 0.1) is 16.7 Å². The monoisotopic (exact) mass is 376 g/mol. The van der Waals surface area contributed by atoms with E-state index >= 15 is 0 Å². The fourth-order valence-electron chi connectivity index (χ4n) is 3.53. The number of nitrogens with zero attached hydrogens (tertiary/aromatic N) is 1. The minimum Gasteiger partial charge on any atom is -0.459 e. The molecule has 26 heavy (non-hydrogen) atoms. The van der Waals surface area contributed by atoms with Gasteiger partial charge in [-0.3, -0.25) is 10.1 Å². The van der Waals surface area contributed by atoms with Gasteiger partial charge in [0.15, 0.2) is 0 Å². The second-order valence-corrected chi connectivity index (χ2v) is 9.80. The molecule has 1 aromatic rings. The Morgan fingerprint density at radius 2 is 1.85 bits per heavy atom. The number of rotatable bonds is 3. The van der Waals surface area contributed by atoms with Gasteiger partial charge in [0.25, 0.3) is 0 Å². The van der Waals surface area contributed by atoms with Crippen LogP contribution in [0.2, 0.25) is 5.02 Å². The molecule has 5 heteroatoms. The van der Waals surface area contributed by atoms with E-state index in [9.17, 15) is 10.1 Å². The van der Waals surface area contributed by atoms with Crippen molar-refractivity contribution < 1.29 is 9.53 Å². The Kier molecular flexibility index (Phi) is 5.75. The highest BCUT2D eigenvalue weighted by Gasteiger charge is 2.52. The Labute approximate surface area is 161 Å². The van der Waals surface area contributed by atoms with Crippen LogP contribution < -0.4 is 5.32 Å². The van der Waals surface area contributed by atoms with Gasteiger partial charge < -0.3 is 4.74 Å². The molecule has 1 N–H and O–H groups in total. The molecule has 1 heterocycles. The van der Waals surface area contributed by atoms with Gasteiger partial charge in [-0.15, -0.1) is 0 Å². The van der Waals surface area contributed by atoms with Crippen LogP contribution in [0.15, 0.2) is 24.3 Å². The number of nitriles is 1. The molecule has 1 saturated heterocycles. The lowest BCUT2D eigenvalue weighted by Crippen LogP contribution is -2.44. The van der Waals surface area contributed by atoms with Gasteiger partial charge in [-0.2, -0.15) is 5.26 Å². The van der Waals surface area contributed by atoms with Gasteiger partial charge in [-0.1, -0.05) is 44.5 Å². The van der Waals surface area contributed by atoms with Crippen LogP contribution in [-0.2, 0) is 14.9 Å². The first-order valence-corrected chi connectivity index (χ1v) is 9.40. The van der Waals surface area contributed by atoms with Gasteiger partial charge >= 0.3 is 5.97 Å². The highest BCUT2D eigenvalue weighted by atomic mass is 35.5. The summed E-state index contributed by atoms with van der Waals surface area (Å²) in [5.74, 6) is -0.303. The minimum atomic E-state index is -0.792. The predicted octanol–water partition coefficient (Wildman–Crippen LogP) is 4.61. The summed E-state index contributed by atoms with van der Waals surface area (Å²) in [5, 5.41) is 14.2. The summed E-state index contributed by atoms with van der Waals surface area (Å²) < 4.78 is 5.56. The van der Waals surface area contributed by atoms with Crippen molar-refractivity contribution in [2.75, 3.05) is 0 Å². The molecule has 4 nitrogen and oxygen atoms in total. The Morgan fingerprint density at radius 3 is 2.31 bits per heavy atom. The maximum absolute atomic E-state index is 12.6. The molecule has 0 spiro atoms. The number of halogens is 1. The third-order valence-electron chi connectivity index (χ3n) is 4.59. The summed E-state index contributed by atoms with van der Waals surface area (Å²) in [6.45, 7) is 12.0. The lowest BCUT2D eigenvalue weighted by molar-refractivity contribution is -0.157. The summed E-state index contributed by atoms with van der Waals surface area (Å²) in [5.41, 5.74) is -0.456. The van der Waals surface area contributed by atoms with Gasteiger partial charge in [0.05, 0.1) is 11.5 Å². The zero-order chi connectivity index (χ0) is 19.8. The summed E-state index contributed by atoms with van der Waals surface area (Å²) in [4.78, 5) is 12.6. The average Bonchev–Trinajstić information content (AvgIpc) is 2.84. The second kappa shape index (κ2) is 7.21. The van der Waals surface area contributed by atoms with Gasteiger partial charge in [0, 0.05) is 11.1 Å². The van der Waals surface area contributed by atoms with Crippen molar-refractivity contribution in [1.29, 1.82) is 5.26 Å². The summed E-state index contributed by atoms with van der Waals surface area (Å²) in [6, 6.07) is 9.24. The summed E-state index contributed by atoms with van der Waals surface area (Å²) in [6.07, 6.45) is 1.16. The SMILES string of the molecule is CC(C)(C)CC1NC(C(=O)OC(C)(C)C)CC1(C#N)c1ccc(Cl)cc1. The van der Waals surface area contributed by atoms with Crippen molar-refractivity contribution in [2.45, 2.75) is 77.5 Å². The maximum atomic E-state index is 12.6. The van der Waals surface area contributed by atoms with Gasteiger partial charge in [-0.25, -0.2) is 0 Å². The Hall–Kier alpha value is -1.57. The fourth-order valence-corrected chi connectivity index (χ4v) is 3.66. The van der Waals surface area contributed by atoms with Crippen molar-refractivity contribution in [3.63, 3.8) is 0 Å². The van der Waals surface area contributed by atoms with E-state index in [1.165, 1.54) is 0 Å². The first kappa shape index (κ1) is 20.7. The molecule has 1 aliphatic heterocycles. The molecule has 3 atom stereocenters. The zero-order valence-corrected chi connectivity index (χ0v) is 17.3. The average molecular weight is 377 g/mol. The van der Waals surface area contributed by atoms with E-state index in [1.807, 2.05) is 32.9 Å². The lowest BCUT2D eigenvalue weighted by Gasteiger charge is -2.33. The number of carbonyl (C=O) groups excluding carboxylic acids is 1. The number of ether oxygens (including phenoxy) is 1. The number of benzene rings is 1. The Balaban J connectivity index is 2.40. The molecule has 0 aromatic heterocycles. The highest BCUT2D eigenvalue weighted by Crippen LogP contribution is 2.43. The standard InChI is InChI=1S/C21H29ClN2O2/c1-19(2,3)12-17-21(13-23,14-7-9-15(22)10-8-14)11-16(24-17)18(25)26-20(4,5)6/h7-10,16-17,24H,11-12H2,1-6H3.